The number of nitrogens with zero attached hydrogens (tertiary/aromatic N) is 2. The summed E-state index contributed by atoms with van der Waals surface area (Å²) in [7, 11) is 0. The van der Waals surface area contributed by atoms with E-state index in [9.17, 15) is 9.18 Å². The Balaban J connectivity index is 0.00000560. The van der Waals surface area contributed by atoms with E-state index in [1.54, 1.807) is 22.3 Å². The summed E-state index contributed by atoms with van der Waals surface area (Å²) in [5.41, 5.74) is 4.76. The topological polar surface area (TPSA) is 33.4 Å². The van der Waals surface area contributed by atoms with Crippen molar-refractivity contribution >= 4 is 22.9 Å². The number of amides is 1. The molecule has 1 aromatic heterocycles. The van der Waals surface area contributed by atoms with Gasteiger partial charge in [0.05, 0.1) is 18.5 Å². The molecule has 0 atom stereocenters. The number of unbranched alkanes of at least 4 members (excludes halogenated alkanes) is 11. The summed E-state index contributed by atoms with van der Waals surface area (Å²) in [5, 5.41) is 2.04. The lowest BCUT2D eigenvalue weighted by Crippen LogP contribution is -3.00. The van der Waals surface area contributed by atoms with Gasteiger partial charge in [0, 0.05) is 18.2 Å². The van der Waals surface area contributed by atoms with E-state index in [2.05, 4.69) is 17.0 Å². The number of ether oxygens (including phenoxy) is 1. The minimum atomic E-state index is -0.377. The second-order valence-electron chi connectivity index (χ2n) is 10.5. The molecule has 0 aliphatic carbocycles. The fraction of sp³-hybridized carbons (Fsp3) is 0.515. The molecule has 2 aromatic carbocycles. The smallest absolute Gasteiger partial charge is 0.224 e. The summed E-state index contributed by atoms with van der Waals surface area (Å²) in [6.07, 6.45) is 17.5. The summed E-state index contributed by atoms with van der Waals surface area (Å²) in [6, 6.07) is 13.0. The van der Waals surface area contributed by atoms with Gasteiger partial charge >= 0.3 is 0 Å². The third kappa shape index (κ3) is 12.5. The van der Waals surface area contributed by atoms with Gasteiger partial charge in [-0.05, 0) is 36.2 Å². The summed E-state index contributed by atoms with van der Waals surface area (Å²) in [6.45, 7) is 5.43. The van der Waals surface area contributed by atoms with Crippen LogP contribution in [0, 0.1) is 5.82 Å². The van der Waals surface area contributed by atoms with Crippen molar-refractivity contribution in [1.29, 1.82) is 0 Å². The van der Waals surface area contributed by atoms with Gasteiger partial charge < -0.3 is 26.6 Å². The molecule has 40 heavy (non-hydrogen) atoms. The summed E-state index contributed by atoms with van der Waals surface area (Å²) >= 11 is 1.66. The van der Waals surface area contributed by atoms with E-state index in [1.165, 1.54) is 77.2 Å². The summed E-state index contributed by atoms with van der Waals surface area (Å²) < 4.78 is 22.6. The van der Waals surface area contributed by atoms with Crippen LogP contribution in [0.4, 0.5) is 10.1 Å². The highest BCUT2D eigenvalue weighted by atomic mass is 79.9. The van der Waals surface area contributed by atoms with Crippen LogP contribution in [-0.2, 0) is 17.9 Å². The van der Waals surface area contributed by atoms with E-state index in [-0.39, 0.29) is 34.5 Å². The fourth-order valence-electron chi connectivity index (χ4n) is 4.80. The molecule has 3 rings (SSSR count). The van der Waals surface area contributed by atoms with Crippen molar-refractivity contribution in [2.45, 2.75) is 104 Å². The van der Waals surface area contributed by atoms with Crippen LogP contribution in [0.1, 0.15) is 102 Å². The van der Waals surface area contributed by atoms with E-state index in [0.717, 1.165) is 36.2 Å². The lowest BCUT2D eigenvalue weighted by Gasteiger charge is -2.22. The first-order valence-electron chi connectivity index (χ1n) is 14.8. The Morgan fingerprint density at radius 2 is 1.48 bits per heavy atom. The quantitative estimate of drug-likeness (QED) is 0.123. The molecule has 1 amide bonds. The molecule has 0 radical (unpaired) electrons. The maximum Gasteiger partial charge on any atom is 0.224 e. The van der Waals surface area contributed by atoms with Gasteiger partial charge in [-0.25, -0.2) is 4.39 Å². The SMILES string of the molecule is CCCCCCCCCCCCCCOc1ccc(CN(C(C)=O)c2ccc(C[n+]3ccsc3)cc2)cc1F.[Br-]. The van der Waals surface area contributed by atoms with E-state index < -0.39 is 0 Å². The number of hydrogen-bond donors (Lipinski definition) is 0. The van der Waals surface area contributed by atoms with Crippen LogP contribution in [0.15, 0.2) is 59.6 Å². The number of benzene rings is 2. The first kappa shape index (κ1) is 34.0. The first-order chi connectivity index (χ1) is 19.1. The Labute approximate surface area is 255 Å². The monoisotopic (exact) mass is 632 g/mol. The molecule has 0 aliphatic rings. The van der Waals surface area contributed by atoms with Gasteiger partial charge in [-0.15, -0.1) is 0 Å². The average Bonchev–Trinajstić information content (AvgIpc) is 3.44. The van der Waals surface area contributed by atoms with Crippen molar-refractivity contribution in [2.24, 2.45) is 0 Å². The molecular formula is C33H46BrFN2O2S. The van der Waals surface area contributed by atoms with Gasteiger partial charge in [0.15, 0.2) is 24.3 Å². The zero-order chi connectivity index (χ0) is 27.7. The second kappa shape index (κ2) is 19.8. The van der Waals surface area contributed by atoms with Crippen molar-refractivity contribution in [3.05, 3.63) is 76.5 Å². The van der Waals surface area contributed by atoms with Gasteiger partial charge in [-0.1, -0.05) is 107 Å². The number of halogens is 2. The number of carbonyl (C=O) groups excluding carboxylic acids is 1. The molecular weight excluding hydrogens is 587 g/mol. The van der Waals surface area contributed by atoms with Gasteiger partial charge in [-0.2, -0.15) is 4.57 Å². The Bertz CT molecular complexity index is 1090. The summed E-state index contributed by atoms with van der Waals surface area (Å²) in [5.74, 6) is -0.174. The molecule has 7 heteroatoms. The molecule has 3 aromatic rings. The molecule has 0 unspecified atom stereocenters. The maximum atomic E-state index is 14.8. The highest BCUT2D eigenvalue weighted by molar-refractivity contribution is 7.07. The van der Waals surface area contributed by atoms with E-state index >= 15 is 0 Å². The van der Waals surface area contributed by atoms with E-state index in [0.29, 0.717) is 13.2 Å². The maximum absolute atomic E-state index is 14.8. The predicted octanol–water partition coefficient (Wildman–Crippen LogP) is 5.86. The van der Waals surface area contributed by atoms with Gasteiger partial charge in [0.2, 0.25) is 11.4 Å². The minimum Gasteiger partial charge on any atom is -1.00 e. The number of carbonyl (C=O) groups is 1. The normalized spacial score (nSPS) is 10.8. The van der Waals surface area contributed by atoms with Crippen LogP contribution < -0.4 is 31.2 Å². The predicted molar refractivity (Wildman–Crippen MR) is 160 cm³/mol. The first-order valence-corrected chi connectivity index (χ1v) is 15.7. The second-order valence-corrected chi connectivity index (χ2v) is 11.2. The van der Waals surface area contributed by atoms with Crippen molar-refractivity contribution in [1.82, 2.24) is 0 Å². The van der Waals surface area contributed by atoms with Crippen molar-refractivity contribution < 1.29 is 35.5 Å². The Morgan fingerprint density at radius 3 is 2.02 bits per heavy atom. The van der Waals surface area contributed by atoms with E-state index in [4.69, 9.17) is 4.74 Å². The largest absolute Gasteiger partial charge is 1.00 e. The van der Waals surface area contributed by atoms with Gasteiger partial charge in [0.1, 0.15) is 0 Å². The minimum absolute atomic E-state index is 0. The third-order valence-corrected chi connectivity index (χ3v) is 7.78. The Hall–Kier alpha value is -2.25. The molecule has 0 aliphatic heterocycles. The lowest BCUT2D eigenvalue weighted by atomic mass is 10.1. The highest BCUT2D eigenvalue weighted by Gasteiger charge is 2.15. The average molecular weight is 634 g/mol. The van der Waals surface area contributed by atoms with E-state index in [1.807, 2.05) is 41.9 Å². The number of aromatic nitrogens is 1. The Kier molecular flexibility index (Phi) is 16.8. The molecule has 0 saturated carbocycles. The van der Waals surface area contributed by atoms with Crippen LogP contribution in [0.3, 0.4) is 0 Å². The zero-order valence-electron chi connectivity index (χ0n) is 24.3. The number of rotatable bonds is 19. The molecule has 0 saturated heterocycles. The molecule has 0 N–H and O–H groups in total. The molecule has 0 spiro atoms. The lowest BCUT2D eigenvalue weighted by molar-refractivity contribution is -0.683. The fourth-order valence-corrected chi connectivity index (χ4v) is 5.39. The van der Waals surface area contributed by atoms with Crippen LogP contribution in [-0.4, -0.2) is 12.5 Å². The molecule has 1 heterocycles. The van der Waals surface area contributed by atoms with Crippen molar-refractivity contribution in [3.8, 4) is 5.75 Å². The summed E-state index contributed by atoms with van der Waals surface area (Å²) in [4.78, 5) is 14.1. The zero-order valence-corrected chi connectivity index (χ0v) is 26.7. The Morgan fingerprint density at radius 1 is 0.875 bits per heavy atom. The molecule has 220 valence electrons. The van der Waals surface area contributed by atoms with Crippen LogP contribution in [0.25, 0.3) is 0 Å². The standard InChI is InChI=1S/C33H46FN2O2S.BrH/c1-3-4-5-6-7-8-9-10-11-12-13-14-22-38-33-20-17-30(24-32(33)34)26-36(28(2)37)31-18-15-29(16-19-31)25-35-21-23-39-27-35;/h15-21,23-24,27H,3-14,22,25-26H2,1-2H3;1H/q+1;/p-1. The van der Waals surface area contributed by atoms with Crippen LogP contribution >= 0.6 is 11.3 Å². The van der Waals surface area contributed by atoms with Crippen molar-refractivity contribution in [2.75, 3.05) is 11.5 Å². The molecule has 0 bridgehead atoms. The molecule has 4 nitrogen and oxygen atoms in total. The van der Waals surface area contributed by atoms with Gasteiger partial charge in [-0.3, -0.25) is 4.79 Å². The number of thiazole rings is 1. The highest BCUT2D eigenvalue weighted by Crippen LogP contribution is 2.23. The van der Waals surface area contributed by atoms with Crippen LogP contribution in [0.2, 0.25) is 0 Å². The van der Waals surface area contributed by atoms with Gasteiger partial charge in [0.25, 0.3) is 0 Å². The van der Waals surface area contributed by atoms with Crippen molar-refractivity contribution in [3.63, 3.8) is 0 Å². The molecule has 0 fully saturated rings. The third-order valence-electron chi connectivity index (χ3n) is 7.11. The number of hydrogen-bond acceptors (Lipinski definition) is 3. The number of anilines is 1. The van der Waals surface area contributed by atoms with Crippen LogP contribution in [0.5, 0.6) is 5.75 Å².